The molecule has 0 aromatic rings. The Labute approximate surface area is 110 Å². The zero-order valence-corrected chi connectivity index (χ0v) is 11.1. The molecule has 0 N–H and O–H groups in total. The largest absolute Gasteiger partial charge is 0 e. The van der Waals surface area contributed by atoms with Crippen LogP contribution in [0.25, 0.3) is 0 Å². The summed E-state index contributed by atoms with van der Waals surface area (Å²) in [5, 5.41) is 0. The van der Waals surface area contributed by atoms with Gasteiger partial charge in [0.15, 0.2) is 0 Å². The van der Waals surface area contributed by atoms with Crippen LogP contribution in [0.5, 0.6) is 0 Å². The van der Waals surface area contributed by atoms with Gasteiger partial charge in [0.1, 0.15) is 0 Å². The van der Waals surface area contributed by atoms with E-state index in [9.17, 15) is 0 Å². The second-order valence-corrected chi connectivity index (χ2v) is 0. The molecule has 0 aromatic heterocycles. The monoisotopic (exact) mass is 572 g/mol. The molecule has 0 bridgehead atoms. The summed E-state index contributed by atoms with van der Waals surface area (Å²) in [6.07, 6.45) is 0. The number of hydrogen-bond donors (Lipinski definition) is 0. The smallest absolute Gasteiger partial charge is 0 e. The first kappa shape index (κ1) is 55.6. The molecule has 6 heteroatoms. The van der Waals surface area contributed by atoms with E-state index in [-0.39, 0.29) is 112 Å². The van der Waals surface area contributed by atoms with Crippen molar-refractivity contribution in [3.8, 4) is 0 Å². The van der Waals surface area contributed by atoms with E-state index in [4.69, 9.17) is 0 Å². The molecule has 0 nitrogen and oxygen atoms in total. The van der Waals surface area contributed by atoms with Crippen LogP contribution in [0.3, 0.4) is 0 Å². The summed E-state index contributed by atoms with van der Waals surface area (Å²) in [6.45, 7) is 0. The molecule has 0 rings (SSSR count). The second-order valence-electron chi connectivity index (χ2n) is 0. The maximum absolute atomic E-state index is 0. The van der Waals surface area contributed by atoms with Crippen LogP contribution in [0.1, 0.15) is 0 Å². The fourth-order valence-corrected chi connectivity index (χ4v) is 0. The van der Waals surface area contributed by atoms with Crippen molar-refractivity contribution < 1.29 is 112 Å². The van der Waals surface area contributed by atoms with Crippen LogP contribution in [-0.2, 0) is 112 Å². The van der Waals surface area contributed by atoms with E-state index < -0.39 is 0 Å². The van der Waals surface area contributed by atoms with Crippen molar-refractivity contribution in [1.29, 1.82) is 0 Å². The van der Waals surface area contributed by atoms with Gasteiger partial charge in [-0.1, -0.05) is 0 Å². The average molecular weight is 570 g/mol. The molecule has 0 amide bonds. The predicted octanol–water partition coefficient (Wildman–Crippen LogP) is -0.0150. The third kappa shape index (κ3) is 25.8. The molecule has 0 spiro atoms. The maximum Gasteiger partial charge on any atom is 0 e. The van der Waals surface area contributed by atoms with Gasteiger partial charge in [-0.05, 0) is 0 Å². The zero-order valence-electron chi connectivity index (χ0n) is 2.05. The number of rotatable bonds is 0. The van der Waals surface area contributed by atoms with Crippen LogP contribution in [0.2, 0.25) is 0 Å². The first-order valence-electron chi connectivity index (χ1n) is 0. The quantitative estimate of drug-likeness (QED) is 0.360. The van der Waals surface area contributed by atoms with E-state index in [1.54, 1.807) is 0 Å². The summed E-state index contributed by atoms with van der Waals surface area (Å²) in [4.78, 5) is 0. The normalized spacial score (nSPS) is 0. The maximum atomic E-state index is 0. The third-order valence-corrected chi connectivity index (χ3v) is 0. The molecule has 0 saturated carbocycles. The van der Waals surface area contributed by atoms with E-state index in [2.05, 4.69) is 0 Å². The topological polar surface area (TPSA) is 0 Å². The average Bonchev–Trinajstić information content (AvgIpc) is 0. The van der Waals surface area contributed by atoms with Gasteiger partial charge in [0, 0.05) is 112 Å². The van der Waals surface area contributed by atoms with E-state index in [0.717, 1.165) is 0 Å². The molecule has 0 saturated heterocycles. The molecule has 0 fully saturated rings. The summed E-state index contributed by atoms with van der Waals surface area (Å²) in [5.74, 6) is 0. The van der Waals surface area contributed by atoms with Gasteiger partial charge in [-0.3, -0.25) is 0 Å². The Morgan fingerprint density at radius 2 is 1.00 bits per heavy atom. The Bertz CT molecular complexity index is 15.5. The van der Waals surface area contributed by atoms with Gasteiger partial charge in [-0.15, -0.1) is 0 Å². The summed E-state index contributed by atoms with van der Waals surface area (Å²) >= 11 is 0. The van der Waals surface area contributed by atoms with Gasteiger partial charge in [0.25, 0.3) is 0 Å². The summed E-state index contributed by atoms with van der Waals surface area (Å²) in [5.41, 5.74) is 0. The van der Waals surface area contributed by atoms with E-state index >= 15 is 0 Å². The van der Waals surface area contributed by atoms with Crippen LogP contribution in [0, 0.1) is 0 Å². The van der Waals surface area contributed by atoms with Crippen LogP contribution in [0.4, 0.5) is 0 Å². The fourth-order valence-electron chi connectivity index (χ4n) is 0. The molecule has 53 valence electrons. The Morgan fingerprint density at radius 1 is 1.00 bits per heavy atom. The van der Waals surface area contributed by atoms with Crippen molar-refractivity contribution in [2.45, 2.75) is 0 Å². The summed E-state index contributed by atoms with van der Waals surface area (Å²) < 4.78 is 0. The minimum Gasteiger partial charge on any atom is 0 e. The Balaban J connectivity index is 0. The van der Waals surface area contributed by atoms with Crippen LogP contribution >= 0.6 is 0 Å². The standard InChI is InChI=1S/Cu.Fe.Mo.Ni.Pt.Ru. The van der Waals surface area contributed by atoms with Gasteiger partial charge < -0.3 is 0 Å². The second kappa shape index (κ2) is 38.8. The molecule has 0 aliphatic heterocycles. The SMILES string of the molecule is [Cu].[Fe].[Mo].[Ni].[Pt].[Ru]. The van der Waals surface area contributed by atoms with Crippen LogP contribution < -0.4 is 0 Å². The molecule has 1 radical (unpaired) electrons. The van der Waals surface area contributed by atoms with Crippen LogP contribution in [0.15, 0.2) is 0 Å². The molecule has 0 aromatic carbocycles. The van der Waals surface area contributed by atoms with E-state index in [1.807, 2.05) is 0 Å². The van der Waals surface area contributed by atoms with Gasteiger partial charge >= 0.3 is 0 Å². The molecule has 6 heavy (non-hydrogen) atoms. The predicted molar refractivity (Wildman–Crippen MR) is 0 cm³/mol. The third-order valence-electron chi connectivity index (χ3n) is 0. The molecule has 0 aliphatic rings. The first-order valence-corrected chi connectivity index (χ1v) is 0. The van der Waals surface area contributed by atoms with Crippen LogP contribution in [-0.4, -0.2) is 0 Å². The van der Waals surface area contributed by atoms with Gasteiger partial charge in [0.05, 0.1) is 0 Å². The summed E-state index contributed by atoms with van der Waals surface area (Å²) in [6, 6.07) is 0. The molecule has 0 aliphatic carbocycles. The van der Waals surface area contributed by atoms with Gasteiger partial charge in [0.2, 0.25) is 0 Å². The van der Waals surface area contributed by atoms with Gasteiger partial charge in [-0.25, -0.2) is 0 Å². The minimum atomic E-state index is 0. The van der Waals surface area contributed by atoms with Gasteiger partial charge in [-0.2, -0.15) is 0 Å². The molecule has 0 heterocycles. The Hall–Kier alpha value is 3.53. The van der Waals surface area contributed by atoms with Crippen molar-refractivity contribution in [3.05, 3.63) is 0 Å². The molecular formula is CuFeMoNiPtRu. The van der Waals surface area contributed by atoms with Crippen molar-refractivity contribution in [3.63, 3.8) is 0 Å². The number of hydrogen-bond acceptors (Lipinski definition) is 0. The van der Waals surface area contributed by atoms with Crippen molar-refractivity contribution in [2.75, 3.05) is 0 Å². The first-order chi connectivity index (χ1) is 0. The Kier molecular flexibility index (Phi) is 360. The molecular weight excluding hydrogens is 570 g/mol. The van der Waals surface area contributed by atoms with Crippen molar-refractivity contribution in [1.82, 2.24) is 0 Å². The molecule has 0 atom stereocenters. The van der Waals surface area contributed by atoms with Crippen molar-refractivity contribution >= 4 is 0 Å². The molecule has 0 unspecified atom stereocenters. The van der Waals surface area contributed by atoms with E-state index in [0.29, 0.717) is 0 Å². The zero-order chi connectivity index (χ0) is 0. The fraction of sp³-hybridized carbons (Fsp3) is 0. The summed E-state index contributed by atoms with van der Waals surface area (Å²) in [7, 11) is 0. The van der Waals surface area contributed by atoms with Crippen molar-refractivity contribution in [2.24, 2.45) is 0 Å². The minimum absolute atomic E-state index is 0. The van der Waals surface area contributed by atoms with E-state index in [1.165, 1.54) is 0 Å². The Morgan fingerprint density at radius 3 is 1.00 bits per heavy atom.